The van der Waals surface area contributed by atoms with E-state index in [4.69, 9.17) is 11.6 Å². The van der Waals surface area contributed by atoms with Crippen molar-refractivity contribution in [2.45, 2.75) is 18.8 Å². The van der Waals surface area contributed by atoms with Crippen molar-refractivity contribution in [3.05, 3.63) is 45.0 Å². The third kappa shape index (κ3) is 2.84. The van der Waals surface area contributed by atoms with Crippen LogP contribution in [0.3, 0.4) is 0 Å². The Kier molecular flexibility index (Phi) is 3.30. The number of hydrogen-bond donors (Lipinski definition) is 2. The molecule has 0 radical (unpaired) electrons. The molecule has 0 bridgehead atoms. The SMILES string of the molecule is O=C(Nc1ccc(Cl)cc1[N+](=O)[O-])c1n[nH]c(C2CC2)n1. The molecule has 1 aliphatic carbocycles. The molecule has 1 saturated carbocycles. The quantitative estimate of drug-likeness (QED) is 0.665. The highest BCUT2D eigenvalue weighted by molar-refractivity contribution is 6.31. The van der Waals surface area contributed by atoms with Crippen LogP contribution in [0.15, 0.2) is 18.2 Å². The minimum absolute atomic E-state index is 0.0406. The molecule has 0 aliphatic heterocycles. The molecule has 1 amide bonds. The third-order valence-corrected chi connectivity index (χ3v) is 3.31. The topological polar surface area (TPSA) is 114 Å². The first kappa shape index (κ1) is 13.5. The van der Waals surface area contributed by atoms with Gasteiger partial charge in [-0.15, -0.1) is 5.10 Å². The van der Waals surface area contributed by atoms with Crippen LogP contribution in [0.25, 0.3) is 0 Å². The van der Waals surface area contributed by atoms with Crippen LogP contribution in [0.4, 0.5) is 11.4 Å². The highest BCUT2D eigenvalue weighted by Gasteiger charge is 2.28. The zero-order valence-corrected chi connectivity index (χ0v) is 11.4. The van der Waals surface area contributed by atoms with Gasteiger partial charge in [-0.05, 0) is 25.0 Å². The van der Waals surface area contributed by atoms with Gasteiger partial charge in [0.25, 0.3) is 11.6 Å². The first-order valence-electron chi connectivity index (χ1n) is 6.22. The van der Waals surface area contributed by atoms with E-state index >= 15 is 0 Å². The van der Waals surface area contributed by atoms with Crippen LogP contribution in [-0.4, -0.2) is 26.0 Å². The van der Waals surface area contributed by atoms with Gasteiger partial charge in [-0.1, -0.05) is 11.6 Å². The number of hydrogen-bond acceptors (Lipinski definition) is 5. The van der Waals surface area contributed by atoms with Crippen LogP contribution in [-0.2, 0) is 0 Å². The lowest BCUT2D eigenvalue weighted by molar-refractivity contribution is -0.383. The van der Waals surface area contributed by atoms with Gasteiger partial charge in [0.2, 0.25) is 5.82 Å². The fourth-order valence-corrected chi connectivity index (χ4v) is 2.02. The molecule has 0 saturated heterocycles. The molecule has 21 heavy (non-hydrogen) atoms. The number of halogens is 1. The van der Waals surface area contributed by atoms with Gasteiger partial charge >= 0.3 is 0 Å². The van der Waals surface area contributed by atoms with Crippen LogP contribution in [0.1, 0.15) is 35.2 Å². The number of amides is 1. The van der Waals surface area contributed by atoms with Gasteiger partial charge in [0, 0.05) is 17.0 Å². The number of aromatic amines is 1. The maximum Gasteiger partial charge on any atom is 0.295 e. The molecule has 1 aromatic carbocycles. The lowest BCUT2D eigenvalue weighted by Gasteiger charge is -2.03. The second kappa shape index (κ2) is 5.13. The summed E-state index contributed by atoms with van der Waals surface area (Å²) < 4.78 is 0. The molecular weight excluding hydrogens is 298 g/mol. The molecular formula is C12H10ClN5O3. The zero-order chi connectivity index (χ0) is 15.0. The van der Waals surface area contributed by atoms with Crippen molar-refractivity contribution < 1.29 is 9.72 Å². The van der Waals surface area contributed by atoms with E-state index in [2.05, 4.69) is 20.5 Å². The smallest absolute Gasteiger partial charge is 0.295 e. The molecule has 1 fully saturated rings. The van der Waals surface area contributed by atoms with Crippen molar-refractivity contribution in [3.8, 4) is 0 Å². The first-order valence-corrected chi connectivity index (χ1v) is 6.60. The maximum absolute atomic E-state index is 12.0. The molecule has 9 heteroatoms. The van der Waals surface area contributed by atoms with Gasteiger partial charge in [0.05, 0.1) is 4.92 Å². The van der Waals surface area contributed by atoms with Gasteiger partial charge in [-0.2, -0.15) is 0 Å². The molecule has 3 rings (SSSR count). The van der Waals surface area contributed by atoms with E-state index in [1.807, 2.05) is 0 Å². The van der Waals surface area contributed by atoms with E-state index in [0.29, 0.717) is 11.7 Å². The number of nitro benzene ring substituents is 1. The number of H-pyrrole nitrogens is 1. The van der Waals surface area contributed by atoms with Gasteiger partial charge in [0.15, 0.2) is 0 Å². The second-order valence-electron chi connectivity index (χ2n) is 4.69. The van der Waals surface area contributed by atoms with Crippen LogP contribution >= 0.6 is 11.6 Å². The number of carbonyl (C=O) groups excluding carboxylic acids is 1. The van der Waals surface area contributed by atoms with Gasteiger partial charge < -0.3 is 5.32 Å². The van der Waals surface area contributed by atoms with Gasteiger partial charge in [-0.25, -0.2) is 4.98 Å². The minimum atomic E-state index is -0.616. The highest BCUT2D eigenvalue weighted by atomic mass is 35.5. The minimum Gasteiger partial charge on any atom is -0.313 e. The summed E-state index contributed by atoms with van der Waals surface area (Å²) in [6.07, 6.45) is 2.05. The van der Waals surface area contributed by atoms with Crippen molar-refractivity contribution >= 4 is 28.9 Å². The molecule has 2 N–H and O–H groups in total. The van der Waals surface area contributed by atoms with Crippen LogP contribution in [0, 0.1) is 10.1 Å². The summed E-state index contributed by atoms with van der Waals surface area (Å²) in [6, 6.07) is 4.00. The molecule has 1 aromatic heterocycles. The molecule has 8 nitrogen and oxygen atoms in total. The Morgan fingerprint density at radius 3 is 2.90 bits per heavy atom. The summed E-state index contributed by atoms with van der Waals surface area (Å²) in [6.45, 7) is 0. The van der Waals surface area contributed by atoms with Gasteiger partial charge in [-0.3, -0.25) is 20.0 Å². The third-order valence-electron chi connectivity index (χ3n) is 3.07. The second-order valence-corrected chi connectivity index (χ2v) is 5.13. The van der Waals surface area contributed by atoms with Gasteiger partial charge in [0.1, 0.15) is 11.5 Å². The molecule has 1 aliphatic rings. The Labute approximate surface area is 123 Å². The molecule has 0 unspecified atom stereocenters. The average molecular weight is 308 g/mol. The maximum atomic E-state index is 12.0. The normalized spacial score (nSPS) is 14.0. The summed E-state index contributed by atoms with van der Waals surface area (Å²) in [5.41, 5.74) is -0.235. The van der Waals surface area contributed by atoms with E-state index in [1.165, 1.54) is 18.2 Å². The summed E-state index contributed by atoms with van der Waals surface area (Å²) >= 11 is 5.71. The summed E-state index contributed by atoms with van der Waals surface area (Å²) in [4.78, 5) is 26.4. The van der Waals surface area contributed by atoms with Crippen molar-refractivity contribution in [1.29, 1.82) is 0 Å². The molecule has 1 heterocycles. The van der Waals surface area contributed by atoms with Crippen LogP contribution < -0.4 is 5.32 Å². The Balaban J connectivity index is 1.81. The number of carbonyl (C=O) groups is 1. The van der Waals surface area contributed by atoms with Crippen molar-refractivity contribution in [2.75, 3.05) is 5.32 Å². The molecule has 0 spiro atoms. The average Bonchev–Trinajstić information content (AvgIpc) is 3.18. The lowest BCUT2D eigenvalue weighted by Crippen LogP contribution is -2.15. The number of nitro groups is 1. The number of rotatable bonds is 4. The fraction of sp³-hybridized carbons (Fsp3) is 0.250. The van der Waals surface area contributed by atoms with E-state index in [-0.39, 0.29) is 22.2 Å². The van der Waals surface area contributed by atoms with E-state index in [0.717, 1.165) is 12.8 Å². The highest BCUT2D eigenvalue weighted by Crippen LogP contribution is 2.37. The number of benzene rings is 1. The summed E-state index contributed by atoms with van der Waals surface area (Å²) in [5, 5.41) is 20.1. The number of aromatic nitrogens is 3. The number of nitrogens with zero attached hydrogens (tertiary/aromatic N) is 3. The zero-order valence-electron chi connectivity index (χ0n) is 10.7. The fourth-order valence-electron chi connectivity index (χ4n) is 1.85. The largest absolute Gasteiger partial charge is 0.313 e. The predicted octanol–water partition coefficient (Wildman–Crippen LogP) is 2.50. The molecule has 2 aromatic rings. The Hall–Kier alpha value is -2.48. The lowest BCUT2D eigenvalue weighted by atomic mass is 10.2. The van der Waals surface area contributed by atoms with E-state index in [1.54, 1.807) is 0 Å². The molecule has 0 atom stereocenters. The van der Waals surface area contributed by atoms with E-state index in [9.17, 15) is 14.9 Å². The Bertz CT molecular complexity index is 725. The number of nitrogens with one attached hydrogen (secondary N) is 2. The van der Waals surface area contributed by atoms with E-state index < -0.39 is 10.8 Å². The van der Waals surface area contributed by atoms with Crippen molar-refractivity contribution in [1.82, 2.24) is 15.2 Å². The van der Waals surface area contributed by atoms with Crippen LogP contribution in [0.2, 0.25) is 5.02 Å². The number of anilines is 1. The molecule has 108 valence electrons. The predicted molar refractivity (Wildman–Crippen MR) is 74.4 cm³/mol. The standard InChI is InChI=1S/C12H10ClN5O3/c13-7-3-4-8(9(5-7)18(20)21)14-12(19)11-15-10(16-17-11)6-1-2-6/h3-6H,1-2H2,(H,14,19)(H,15,16,17). The van der Waals surface area contributed by atoms with Crippen molar-refractivity contribution in [2.24, 2.45) is 0 Å². The summed E-state index contributed by atoms with van der Waals surface area (Å²) in [5.74, 6) is 0.361. The first-order chi connectivity index (χ1) is 10.0. The summed E-state index contributed by atoms with van der Waals surface area (Å²) in [7, 11) is 0. The van der Waals surface area contributed by atoms with Crippen LogP contribution in [0.5, 0.6) is 0 Å². The monoisotopic (exact) mass is 307 g/mol. The van der Waals surface area contributed by atoms with Crippen molar-refractivity contribution in [3.63, 3.8) is 0 Å². The Morgan fingerprint density at radius 2 is 2.24 bits per heavy atom. The Morgan fingerprint density at radius 1 is 1.48 bits per heavy atom.